The van der Waals surface area contributed by atoms with E-state index in [1.54, 1.807) is 9.80 Å². The van der Waals surface area contributed by atoms with Crippen molar-refractivity contribution in [3.05, 3.63) is 0 Å². The van der Waals surface area contributed by atoms with E-state index < -0.39 is 11.5 Å². The lowest BCUT2D eigenvalue weighted by atomic mass is 10.00. The Morgan fingerprint density at radius 2 is 2.00 bits per heavy atom. The van der Waals surface area contributed by atoms with E-state index in [4.69, 9.17) is 5.11 Å². The van der Waals surface area contributed by atoms with E-state index in [0.29, 0.717) is 13.1 Å². The molecule has 0 aromatic carbocycles. The van der Waals surface area contributed by atoms with Crippen molar-refractivity contribution in [2.75, 3.05) is 19.6 Å². The third-order valence-electron chi connectivity index (χ3n) is 3.57. The van der Waals surface area contributed by atoms with Crippen LogP contribution in [0.25, 0.3) is 0 Å². The van der Waals surface area contributed by atoms with E-state index in [0.717, 1.165) is 0 Å². The summed E-state index contributed by atoms with van der Waals surface area (Å²) in [6.45, 7) is 8.73. The normalized spacial score (nSPS) is 19.3. The lowest BCUT2D eigenvalue weighted by molar-refractivity contribution is -0.143. The molecule has 1 N–H and O–H groups in total. The van der Waals surface area contributed by atoms with E-state index in [1.165, 1.54) is 0 Å². The van der Waals surface area contributed by atoms with Gasteiger partial charge in [-0.1, -0.05) is 0 Å². The number of rotatable bonds is 5. The number of aliphatic carboxylic acids is 1. The van der Waals surface area contributed by atoms with Gasteiger partial charge in [0.1, 0.15) is 0 Å². The van der Waals surface area contributed by atoms with E-state index in [-0.39, 0.29) is 37.1 Å². The minimum Gasteiger partial charge on any atom is -0.481 e. The van der Waals surface area contributed by atoms with Crippen LogP contribution < -0.4 is 0 Å². The van der Waals surface area contributed by atoms with E-state index in [2.05, 4.69) is 0 Å². The number of hydrogen-bond acceptors (Lipinski definition) is 3. The van der Waals surface area contributed by atoms with Crippen LogP contribution in [0.1, 0.15) is 40.5 Å². The summed E-state index contributed by atoms with van der Waals surface area (Å²) in [6.07, 6.45) is 0.146. The molecular weight excluding hydrogens is 260 g/mol. The average molecular weight is 284 g/mol. The number of nitrogens with zero attached hydrogens (tertiary/aromatic N) is 2. The zero-order chi connectivity index (χ0) is 15.5. The van der Waals surface area contributed by atoms with Crippen LogP contribution in [0, 0.1) is 5.92 Å². The predicted molar refractivity (Wildman–Crippen MR) is 74.1 cm³/mol. The SMILES string of the molecule is CCN1CC(C(=O)N(CCC(=O)O)C(C)(C)C)CC1=O. The summed E-state index contributed by atoms with van der Waals surface area (Å²) >= 11 is 0. The predicted octanol–water partition coefficient (Wildman–Crippen LogP) is 0.957. The van der Waals surface area contributed by atoms with Crippen molar-refractivity contribution in [3.63, 3.8) is 0 Å². The molecule has 0 spiro atoms. The topological polar surface area (TPSA) is 77.9 Å². The van der Waals surface area contributed by atoms with Crippen molar-refractivity contribution >= 4 is 17.8 Å². The molecule has 1 aliphatic rings. The molecule has 0 bridgehead atoms. The Hall–Kier alpha value is -1.59. The van der Waals surface area contributed by atoms with Gasteiger partial charge >= 0.3 is 5.97 Å². The molecule has 1 atom stereocenters. The van der Waals surface area contributed by atoms with Gasteiger partial charge in [0, 0.05) is 31.6 Å². The molecule has 1 saturated heterocycles. The first kappa shape index (κ1) is 16.5. The second-order valence-electron chi connectivity index (χ2n) is 6.14. The van der Waals surface area contributed by atoms with Gasteiger partial charge in [0.05, 0.1) is 12.3 Å². The summed E-state index contributed by atoms with van der Waals surface area (Å²) in [6, 6.07) is 0. The lowest BCUT2D eigenvalue weighted by Crippen LogP contribution is -2.49. The minimum absolute atomic E-state index is 0.00190. The molecule has 114 valence electrons. The highest BCUT2D eigenvalue weighted by molar-refractivity contribution is 5.89. The van der Waals surface area contributed by atoms with Gasteiger partial charge in [-0.25, -0.2) is 0 Å². The van der Waals surface area contributed by atoms with Gasteiger partial charge in [0.25, 0.3) is 0 Å². The molecule has 6 heteroatoms. The Labute approximate surface area is 119 Å². The van der Waals surface area contributed by atoms with E-state index >= 15 is 0 Å². The minimum atomic E-state index is -0.926. The Morgan fingerprint density at radius 1 is 1.40 bits per heavy atom. The van der Waals surface area contributed by atoms with Crippen molar-refractivity contribution in [2.45, 2.75) is 46.1 Å². The number of carboxylic acid groups (broad SMARTS) is 1. The number of likely N-dealkylation sites (tertiary alicyclic amines) is 1. The van der Waals surface area contributed by atoms with Crippen LogP contribution in [0.2, 0.25) is 0 Å². The number of amides is 2. The molecule has 0 saturated carbocycles. The summed E-state index contributed by atoms with van der Waals surface area (Å²) < 4.78 is 0. The van der Waals surface area contributed by atoms with Crippen LogP contribution in [-0.2, 0) is 14.4 Å². The molecule has 1 aliphatic heterocycles. The van der Waals surface area contributed by atoms with Crippen LogP contribution in [0.3, 0.4) is 0 Å². The van der Waals surface area contributed by atoms with Gasteiger partial charge in [-0.15, -0.1) is 0 Å². The molecule has 1 heterocycles. The first-order valence-electron chi connectivity index (χ1n) is 6.97. The Morgan fingerprint density at radius 3 is 2.40 bits per heavy atom. The zero-order valence-electron chi connectivity index (χ0n) is 12.7. The molecule has 0 aromatic rings. The molecule has 2 amide bonds. The highest BCUT2D eigenvalue weighted by Gasteiger charge is 2.38. The Bertz CT molecular complexity index is 400. The quantitative estimate of drug-likeness (QED) is 0.815. The van der Waals surface area contributed by atoms with Crippen LogP contribution >= 0.6 is 0 Å². The molecule has 6 nitrogen and oxygen atoms in total. The number of carboxylic acids is 1. The molecule has 0 aromatic heterocycles. The number of carbonyl (C=O) groups excluding carboxylic acids is 2. The summed E-state index contributed by atoms with van der Waals surface area (Å²) in [5.74, 6) is -1.40. The second-order valence-corrected chi connectivity index (χ2v) is 6.14. The second kappa shape index (κ2) is 6.24. The molecular formula is C14H24N2O4. The van der Waals surface area contributed by atoms with Crippen LogP contribution in [0.4, 0.5) is 0 Å². The first-order valence-corrected chi connectivity index (χ1v) is 6.97. The summed E-state index contributed by atoms with van der Waals surface area (Å²) in [7, 11) is 0. The monoisotopic (exact) mass is 284 g/mol. The largest absolute Gasteiger partial charge is 0.481 e. The van der Waals surface area contributed by atoms with Crippen molar-refractivity contribution in [3.8, 4) is 0 Å². The van der Waals surface area contributed by atoms with Crippen LogP contribution in [0.15, 0.2) is 0 Å². The lowest BCUT2D eigenvalue weighted by Gasteiger charge is -2.37. The van der Waals surface area contributed by atoms with Crippen LogP contribution in [0.5, 0.6) is 0 Å². The Kier molecular flexibility index (Phi) is 5.14. The maximum atomic E-state index is 12.6. The summed E-state index contributed by atoms with van der Waals surface area (Å²) in [4.78, 5) is 38.3. The van der Waals surface area contributed by atoms with Gasteiger partial charge in [-0.2, -0.15) is 0 Å². The fraction of sp³-hybridized carbons (Fsp3) is 0.786. The third kappa shape index (κ3) is 3.95. The van der Waals surface area contributed by atoms with Gasteiger partial charge in [0.2, 0.25) is 11.8 Å². The van der Waals surface area contributed by atoms with Gasteiger partial charge in [-0.3, -0.25) is 14.4 Å². The smallest absolute Gasteiger partial charge is 0.305 e. The van der Waals surface area contributed by atoms with Crippen molar-refractivity contribution < 1.29 is 19.5 Å². The fourth-order valence-corrected chi connectivity index (χ4v) is 2.45. The molecule has 0 aliphatic carbocycles. The van der Waals surface area contributed by atoms with E-state index in [1.807, 2.05) is 27.7 Å². The van der Waals surface area contributed by atoms with Crippen molar-refractivity contribution in [2.24, 2.45) is 5.92 Å². The maximum absolute atomic E-state index is 12.6. The van der Waals surface area contributed by atoms with Gasteiger partial charge in [0.15, 0.2) is 0 Å². The van der Waals surface area contributed by atoms with Crippen LogP contribution in [-0.4, -0.2) is 57.9 Å². The molecule has 0 radical (unpaired) electrons. The molecule has 1 rings (SSSR count). The van der Waals surface area contributed by atoms with Gasteiger partial charge in [-0.05, 0) is 27.7 Å². The van der Waals surface area contributed by atoms with Crippen molar-refractivity contribution in [1.29, 1.82) is 0 Å². The number of hydrogen-bond donors (Lipinski definition) is 1. The highest BCUT2D eigenvalue weighted by atomic mass is 16.4. The number of carbonyl (C=O) groups is 3. The summed E-state index contributed by atoms with van der Waals surface area (Å²) in [5.41, 5.74) is -0.449. The molecule has 20 heavy (non-hydrogen) atoms. The van der Waals surface area contributed by atoms with Gasteiger partial charge < -0.3 is 14.9 Å². The highest BCUT2D eigenvalue weighted by Crippen LogP contribution is 2.24. The molecule has 1 unspecified atom stereocenters. The fourth-order valence-electron chi connectivity index (χ4n) is 2.45. The summed E-state index contributed by atoms with van der Waals surface area (Å²) in [5, 5.41) is 8.80. The average Bonchev–Trinajstić information content (AvgIpc) is 2.68. The zero-order valence-corrected chi connectivity index (χ0v) is 12.7. The third-order valence-corrected chi connectivity index (χ3v) is 3.57. The molecule has 1 fully saturated rings. The first-order chi connectivity index (χ1) is 9.16. The standard InChI is InChI=1S/C14H24N2O4/c1-5-15-9-10(8-11(15)17)13(20)16(14(2,3)4)7-6-12(18)19/h10H,5-9H2,1-4H3,(H,18,19). The van der Waals surface area contributed by atoms with Crippen molar-refractivity contribution in [1.82, 2.24) is 9.80 Å². The van der Waals surface area contributed by atoms with E-state index in [9.17, 15) is 14.4 Å². The maximum Gasteiger partial charge on any atom is 0.305 e. The Balaban J connectivity index is 2.79.